The predicted molar refractivity (Wildman–Crippen MR) is 76.2 cm³/mol. The van der Waals surface area contributed by atoms with Crippen LogP contribution in [-0.4, -0.2) is 50.3 Å². The van der Waals surface area contributed by atoms with E-state index in [1.807, 2.05) is 0 Å². The Balaban J connectivity index is 2.18. The summed E-state index contributed by atoms with van der Waals surface area (Å²) >= 11 is 0. The predicted octanol–water partition coefficient (Wildman–Crippen LogP) is 0.570. The fourth-order valence-corrected chi connectivity index (χ4v) is 1.78. The first-order chi connectivity index (χ1) is 9.22. The van der Waals surface area contributed by atoms with E-state index in [2.05, 4.69) is 5.32 Å². The van der Waals surface area contributed by atoms with Gasteiger partial charge in [0.15, 0.2) is 9.84 Å². The molecule has 0 radical (unpaired) electrons. The molecule has 0 aromatic carbocycles. The molecule has 0 bridgehead atoms. The molecule has 0 amide bonds. The molecule has 116 valence electrons. The minimum atomic E-state index is -3.13. The van der Waals surface area contributed by atoms with E-state index >= 15 is 0 Å². The van der Waals surface area contributed by atoms with Crippen molar-refractivity contribution in [3.63, 3.8) is 0 Å². The van der Waals surface area contributed by atoms with Crippen LogP contribution in [0.4, 0.5) is 0 Å². The molecule has 0 saturated carbocycles. The molecule has 20 heavy (non-hydrogen) atoms. The molecule has 1 heterocycles. The van der Waals surface area contributed by atoms with Gasteiger partial charge in [-0.2, -0.15) is 0 Å². The van der Waals surface area contributed by atoms with Gasteiger partial charge in [-0.25, -0.2) is 8.42 Å². The molecule has 0 spiro atoms. The normalized spacial score (nSPS) is 14.4. The third-order valence-electron chi connectivity index (χ3n) is 3.07. The number of nitrogens with one attached hydrogen (secondary N) is 1. The minimum Gasteiger partial charge on any atom is -0.467 e. The standard InChI is InChI=1S/C13H23NO5S/c1-13(2,20(3,16)17)10-14-7-11(15)8-18-9-12-5-4-6-19-12/h4-6,11,14-15H,7-10H2,1-3H3. The van der Waals surface area contributed by atoms with Gasteiger partial charge < -0.3 is 19.6 Å². The van der Waals surface area contributed by atoms with E-state index in [0.29, 0.717) is 12.4 Å². The maximum absolute atomic E-state index is 11.5. The van der Waals surface area contributed by atoms with E-state index in [1.54, 1.807) is 32.2 Å². The van der Waals surface area contributed by atoms with Crippen molar-refractivity contribution >= 4 is 9.84 Å². The Kier molecular flexibility index (Phi) is 6.19. The quantitative estimate of drug-likeness (QED) is 0.693. The van der Waals surface area contributed by atoms with Crippen LogP contribution in [0.5, 0.6) is 0 Å². The number of ether oxygens (including phenoxy) is 1. The molecule has 0 saturated heterocycles. The SMILES string of the molecule is CC(C)(CNCC(O)COCc1ccco1)S(C)(=O)=O. The molecule has 1 atom stereocenters. The average Bonchev–Trinajstić information content (AvgIpc) is 2.80. The molecule has 6 nitrogen and oxygen atoms in total. The topological polar surface area (TPSA) is 88.8 Å². The fraction of sp³-hybridized carbons (Fsp3) is 0.692. The summed E-state index contributed by atoms with van der Waals surface area (Å²) in [6, 6.07) is 3.56. The summed E-state index contributed by atoms with van der Waals surface area (Å²) in [5, 5.41) is 12.7. The van der Waals surface area contributed by atoms with Crippen molar-refractivity contribution in [1.29, 1.82) is 0 Å². The third kappa shape index (κ3) is 5.62. The molecule has 1 aromatic rings. The first-order valence-corrected chi connectivity index (χ1v) is 8.30. The lowest BCUT2D eigenvalue weighted by atomic mass is 10.2. The van der Waals surface area contributed by atoms with Crippen molar-refractivity contribution in [2.24, 2.45) is 0 Å². The Morgan fingerprint density at radius 3 is 2.75 bits per heavy atom. The Morgan fingerprint density at radius 2 is 2.20 bits per heavy atom. The zero-order chi connectivity index (χ0) is 15.2. The molecule has 0 fully saturated rings. The van der Waals surface area contributed by atoms with Crippen LogP contribution in [0.3, 0.4) is 0 Å². The van der Waals surface area contributed by atoms with Gasteiger partial charge in [-0.1, -0.05) is 0 Å². The summed E-state index contributed by atoms with van der Waals surface area (Å²) < 4.78 is 32.5. The van der Waals surface area contributed by atoms with Crippen molar-refractivity contribution < 1.29 is 22.7 Å². The Hall–Kier alpha value is -0.890. The average molecular weight is 305 g/mol. The smallest absolute Gasteiger partial charge is 0.153 e. The first-order valence-electron chi connectivity index (χ1n) is 6.41. The van der Waals surface area contributed by atoms with Crippen LogP contribution in [0.2, 0.25) is 0 Å². The second-order valence-corrected chi connectivity index (χ2v) is 8.06. The Labute approximate surface area is 120 Å². The number of sulfone groups is 1. The summed E-state index contributed by atoms with van der Waals surface area (Å²) in [4.78, 5) is 0. The molecule has 7 heteroatoms. The lowest BCUT2D eigenvalue weighted by Gasteiger charge is -2.23. The molecule has 1 unspecified atom stereocenters. The Morgan fingerprint density at radius 1 is 1.50 bits per heavy atom. The largest absolute Gasteiger partial charge is 0.467 e. The van der Waals surface area contributed by atoms with Crippen LogP contribution in [-0.2, 0) is 21.2 Å². The lowest BCUT2D eigenvalue weighted by molar-refractivity contribution is 0.0226. The highest BCUT2D eigenvalue weighted by Gasteiger charge is 2.29. The van der Waals surface area contributed by atoms with Gasteiger partial charge in [0, 0.05) is 19.3 Å². The minimum absolute atomic E-state index is 0.160. The van der Waals surface area contributed by atoms with Crippen LogP contribution >= 0.6 is 0 Å². The van der Waals surface area contributed by atoms with Crippen LogP contribution in [0, 0.1) is 0 Å². The van der Waals surface area contributed by atoms with Crippen molar-refractivity contribution in [3.05, 3.63) is 24.2 Å². The zero-order valence-electron chi connectivity index (χ0n) is 12.1. The van der Waals surface area contributed by atoms with Crippen LogP contribution in [0.25, 0.3) is 0 Å². The molecular weight excluding hydrogens is 282 g/mol. The maximum atomic E-state index is 11.5. The molecule has 1 aromatic heterocycles. The number of hydrogen-bond donors (Lipinski definition) is 2. The summed E-state index contributed by atoms with van der Waals surface area (Å²) in [5.74, 6) is 0.698. The highest BCUT2D eigenvalue weighted by molar-refractivity contribution is 7.92. The fourth-order valence-electron chi connectivity index (χ4n) is 1.42. The first kappa shape index (κ1) is 17.2. The van der Waals surface area contributed by atoms with Crippen molar-refractivity contribution in [1.82, 2.24) is 5.32 Å². The van der Waals surface area contributed by atoms with Crippen molar-refractivity contribution in [3.8, 4) is 0 Å². The monoisotopic (exact) mass is 305 g/mol. The highest BCUT2D eigenvalue weighted by Crippen LogP contribution is 2.13. The summed E-state index contributed by atoms with van der Waals surface area (Å²) in [7, 11) is -3.13. The molecule has 0 aliphatic heterocycles. The summed E-state index contributed by atoms with van der Waals surface area (Å²) in [6.07, 6.45) is 2.07. The molecule has 0 aliphatic rings. The van der Waals surface area contributed by atoms with Gasteiger partial charge in [-0.3, -0.25) is 0 Å². The number of aliphatic hydroxyl groups is 1. The molecule has 1 rings (SSSR count). The maximum Gasteiger partial charge on any atom is 0.153 e. The van der Waals surface area contributed by atoms with Crippen molar-refractivity contribution in [2.75, 3.05) is 26.0 Å². The van der Waals surface area contributed by atoms with E-state index in [9.17, 15) is 13.5 Å². The number of aliphatic hydroxyl groups excluding tert-OH is 1. The number of hydrogen-bond acceptors (Lipinski definition) is 6. The van der Waals surface area contributed by atoms with Gasteiger partial charge in [-0.15, -0.1) is 0 Å². The molecule has 0 aliphatic carbocycles. The van der Waals surface area contributed by atoms with Crippen LogP contribution in [0.1, 0.15) is 19.6 Å². The van der Waals surface area contributed by atoms with Gasteiger partial charge >= 0.3 is 0 Å². The van der Waals surface area contributed by atoms with Gasteiger partial charge in [0.25, 0.3) is 0 Å². The number of furan rings is 1. The van der Waals surface area contributed by atoms with E-state index in [4.69, 9.17) is 9.15 Å². The zero-order valence-corrected chi connectivity index (χ0v) is 12.9. The highest BCUT2D eigenvalue weighted by atomic mass is 32.2. The molecular formula is C13H23NO5S. The molecule has 2 N–H and O–H groups in total. The summed E-state index contributed by atoms with van der Waals surface area (Å²) in [5.41, 5.74) is 0. The second kappa shape index (κ2) is 7.21. The lowest BCUT2D eigenvalue weighted by Crippen LogP contribution is -2.44. The van der Waals surface area contributed by atoms with Crippen LogP contribution < -0.4 is 5.32 Å². The van der Waals surface area contributed by atoms with Gasteiger partial charge in [0.1, 0.15) is 12.4 Å². The van der Waals surface area contributed by atoms with E-state index in [1.165, 1.54) is 6.26 Å². The van der Waals surface area contributed by atoms with Gasteiger partial charge in [0.2, 0.25) is 0 Å². The van der Waals surface area contributed by atoms with E-state index in [-0.39, 0.29) is 19.7 Å². The van der Waals surface area contributed by atoms with E-state index in [0.717, 1.165) is 0 Å². The van der Waals surface area contributed by atoms with Crippen molar-refractivity contribution in [2.45, 2.75) is 31.3 Å². The van der Waals surface area contributed by atoms with E-state index < -0.39 is 20.7 Å². The summed E-state index contributed by atoms with van der Waals surface area (Å²) in [6.45, 7) is 4.31. The number of rotatable bonds is 9. The Bertz CT molecular complexity index is 481. The van der Waals surface area contributed by atoms with Crippen LogP contribution in [0.15, 0.2) is 22.8 Å². The van der Waals surface area contributed by atoms with Gasteiger partial charge in [0.05, 0.1) is 23.7 Å². The third-order valence-corrected chi connectivity index (χ3v) is 5.22. The second-order valence-electron chi connectivity index (χ2n) is 5.41. The van der Waals surface area contributed by atoms with Gasteiger partial charge in [-0.05, 0) is 26.0 Å².